The number of benzene rings is 1. The Morgan fingerprint density at radius 2 is 2.10 bits per heavy atom. The number of methoxy groups -OCH3 is 1. The molecule has 21 heavy (non-hydrogen) atoms. The van der Waals surface area contributed by atoms with Crippen molar-refractivity contribution in [3.63, 3.8) is 0 Å². The summed E-state index contributed by atoms with van der Waals surface area (Å²) in [5, 5.41) is 23.5. The molecule has 1 aromatic rings. The van der Waals surface area contributed by atoms with E-state index in [1.807, 2.05) is 0 Å². The molecule has 7 nitrogen and oxygen atoms in total. The molecule has 1 amide bonds. The zero-order valence-corrected chi connectivity index (χ0v) is 11.8. The van der Waals surface area contributed by atoms with Gasteiger partial charge in [-0.25, -0.2) is 0 Å². The molecule has 0 aliphatic carbocycles. The topological polar surface area (TPSA) is 110 Å². The molecule has 2 N–H and O–H groups in total. The highest BCUT2D eigenvalue weighted by Gasteiger charge is 2.07. The van der Waals surface area contributed by atoms with Gasteiger partial charge in [0.2, 0.25) is 5.71 Å². The minimum atomic E-state index is -0.268. The Hall–Kier alpha value is -2.90. The first-order chi connectivity index (χ1) is 10.1. The highest BCUT2D eigenvalue weighted by atomic mass is 16.5. The molecule has 0 aliphatic heterocycles. The maximum atomic E-state index is 11.8. The molecule has 0 unspecified atom stereocenters. The number of nitrogens with zero attached hydrogens (tertiary/aromatic N) is 3. The summed E-state index contributed by atoms with van der Waals surface area (Å²) in [6, 6.07) is 8.29. The van der Waals surface area contributed by atoms with Crippen LogP contribution >= 0.6 is 0 Å². The third-order valence-electron chi connectivity index (χ3n) is 2.58. The van der Waals surface area contributed by atoms with Crippen LogP contribution in [-0.2, 0) is 4.74 Å². The second-order valence-corrected chi connectivity index (χ2v) is 4.07. The lowest BCUT2D eigenvalue weighted by atomic mass is 10.1. The maximum absolute atomic E-state index is 11.8. The first-order valence-corrected chi connectivity index (χ1v) is 6.14. The molecule has 108 valence electrons. The van der Waals surface area contributed by atoms with Crippen LogP contribution in [0.3, 0.4) is 0 Å². The number of rotatable bonds is 6. The molecule has 1 rings (SSSR count). The Kier molecular flexibility index (Phi) is 6.39. The number of carbonyl (C=O) groups excluding carboxylic acids is 1. The number of nitriles is 2. The Bertz CT molecular complexity index is 609. The predicted molar refractivity (Wildman–Crippen MR) is 77.7 cm³/mol. The molecule has 0 heterocycles. The van der Waals surface area contributed by atoms with Crippen molar-refractivity contribution in [1.29, 1.82) is 10.5 Å². The maximum Gasteiger partial charge on any atom is 0.251 e. The molecule has 0 radical (unpaired) electrons. The summed E-state index contributed by atoms with van der Waals surface area (Å²) in [5.41, 5.74) is 4.26. The lowest BCUT2D eigenvalue weighted by molar-refractivity contribution is 0.0937. The van der Waals surface area contributed by atoms with Crippen molar-refractivity contribution in [1.82, 2.24) is 5.32 Å². The molecule has 0 bridgehead atoms. The smallest absolute Gasteiger partial charge is 0.251 e. The molecule has 1 aromatic carbocycles. The third kappa shape index (κ3) is 4.94. The van der Waals surface area contributed by atoms with Crippen LogP contribution < -0.4 is 10.7 Å². The summed E-state index contributed by atoms with van der Waals surface area (Å²) in [7, 11) is 1.56. The summed E-state index contributed by atoms with van der Waals surface area (Å²) in [4.78, 5) is 11.8. The highest BCUT2D eigenvalue weighted by molar-refractivity contribution is 6.10. The van der Waals surface area contributed by atoms with Crippen LogP contribution in [0.4, 0.5) is 5.69 Å². The van der Waals surface area contributed by atoms with E-state index >= 15 is 0 Å². The Labute approximate surface area is 122 Å². The number of hydrogen-bond acceptors (Lipinski definition) is 6. The number of nitrogens with one attached hydrogen (secondary N) is 2. The summed E-state index contributed by atoms with van der Waals surface area (Å²) < 4.78 is 4.85. The van der Waals surface area contributed by atoms with Crippen molar-refractivity contribution in [3.8, 4) is 12.1 Å². The van der Waals surface area contributed by atoms with Crippen LogP contribution in [0.1, 0.15) is 15.9 Å². The minimum absolute atomic E-state index is 0.194. The quantitative estimate of drug-likeness (QED) is 0.463. The molecule has 0 atom stereocenters. The number of hydrazone groups is 1. The fourth-order valence-corrected chi connectivity index (χ4v) is 1.49. The van der Waals surface area contributed by atoms with E-state index in [4.69, 9.17) is 15.3 Å². The average Bonchev–Trinajstić information content (AvgIpc) is 2.49. The third-order valence-corrected chi connectivity index (χ3v) is 2.58. The predicted octanol–water partition coefficient (Wildman–Crippen LogP) is 1.19. The van der Waals surface area contributed by atoms with E-state index in [0.29, 0.717) is 24.4 Å². The first-order valence-electron chi connectivity index (χ1n) is 6.14. The van der Waals surface area contributed by atoms with E-state index in [0.717, 1.165) is 5.56 Å². The number of aryl methyl sites for hydroxylation is 1. The number of hydrogen-bond donors (Lipinski definition) is 2. The van der Waals surface area contributed by atoms with Crippen LogP contribution in [0, 0.1) is 29.6 Å². The number of amides is 1. The lowest BCUT2D eigenvalue weighted by Crippen LogP contribution is -2.26. The molecule has 0 aliphatic rings. The van der Waals surface area contributed by atoms with Crippen molar-refractivity contribution in [2.24, 2.45) is 5.10 Å². The number of ether oxygens (including phenoxy) is 1. The summed E-state index contributed by atoms with van der Waals surface area (Å²) >= 11 is 0. The first kappa shape index (κ1) is 16.2. The van der Waals surface area contributed by atoms with Gasteiger partial charge in [0.05, 0.1) is 12.3 Å². The summed E-state index contributed by atoms with van der Waals surface area (Å²) in [6.45, 7) is 2.68. The van der Waals surface area contributed by atoms with E-state index in [2.05, 4.69) is 15.8 Å². The summed E-state index contributed by atoms with van der Waals surface area (Å²) in [5.74, 6) is -0.194. The molecular formula is C14H15N5O2. The van der Waals surface area contributed by atoms with Crippen molar-refractivity contribution < 1.29 is 9.53 Å². The fraction of sp³-hybridized carbons (Fsp3) is 0.286. The Balaban J connectivity index is 2.77. The Morgan fingerprint density at radius 1 is 1.38 bits per heavy atom. The van der Waals surface area contributed by atoms with Gasteiger partial charge in [-0.15, -0.1) is 0 Å². The molecule has 0 aromatic heterocycles. The van der Waals surface area contributed by atoms with E-state index in [-0.39, 0.29) is 11.6 Å². The average molecular weight is 285 g/mol. The van der Waals surface area contributed by atoms with Gasteiger partial charge in [0.15, 0.2) is 0 Å². The monoisotopic (exact) mass is 285 g/mol. The zero-order chi connectivity index (χ0) is 15.7. The second kappa shape index (κ2) is 8.31. The molecule has 0 fully saturated rings. The lowest BCUT2D eigenvalue weighted by Gasteiger charge is -2.08. The van der Waals surface area contributed by atoms with Crippen LogP contribution in [0.2, 0.25) is 0 Å². The van der Waals surface area contributed by atoms with Crippen molar-refractivity contribution in [3.05, 3.63) is 29.3 Å². The van der Waals surface area contributed by atoms with Gasteiger partial charge in [-0.05, 0) is 30.7 Å². The number of anilines is 1. The molecular weight excluding hydrogens is 270 g/mol. The van der Waals surface area contributed by atoms with Gasteiger partial charge in [-0.3, -0.25) is 10.2 Å². The van der Waals surface area contributed by atoms with E-state index in [1.165, 1.54) is 0 Å². The molecule has 7 heteroatoms. The van der Waals surface area contributed by atoms with Gasteiger partial charge in [0.25, 0.3) is 5.91 Å². The minimum Gasteiger partial charge on any atom is -0.383 e. The van der Waals surface area contributed by atoms with Gasteiger partial charge in [0.1, 0.15) is 12.1 Å². The molecule has 0 saturated carbocycles. The standard InChI is InChI=1S/C14H15N5O2/c1-10-7-11(14(20)17-5-6-21-2)3-4-13(10)19-18-12(8-15)9-16/h3-4,7,19H,5-6H2,1-2H3,(H,17,20). The normalized spacial score (nSPS) is 9.14. The summed E-state index contributed by atoms with van der Waals surface area (Å²) in [6.07, 6.45) is 0. The van der Waals surface area contributed by atoms with Crippen molar-refractivity contribution in [2.45, 2.75) is 6.92 Å². The molecule has 0 saturated heterocycles. The zero-order valence-electron chi connectivity index (χ0n) is 11.8. The largest absolute Gasteiger partial charge is 0.383 e. The molecule has 0 spiro atoms. The van der Waals surface area contributed by atoms with Crippen LogP contribution in [0.5, 0.6) is 0 Å². The van der Waals surface area contributed by atoms with E-state index in [1.54, 1.807) is 44.4 Å². The van der Waals surface area contributed by atoms with Crippen LogP contribution in [0.25, 0.3) is 0 Å². The van der Waals surface area contributed by atoms with Gasteiger partial charge >= 0.3 is 0 Å². The Morgan fingerprint density at radius 3 is 2.67 bits per heavy atom. The van der Waals surface area contributed by atoms with E-state index < -0.39 is 0 Å². The highest BCUT2D eigenvalue weighted by Crippen LogP contribution is 2.16. The van der Waals surface area contributed by atoms with E-state index in [9.17, 15) is 4.79 Å². The van der Waals surface area contributed by atoms with Gasteiger partial charge in [0, 0.05) is 19.2 Å². The van der Waals surface area contributed by atoms with Crippen molar-refractivity contribution in [2.75, 3.05) is 25.7 Å². The van der Waals surface area contributed by atoms with Crippen LogP contribution in [-0.4, -0.2) is 31.9 Å². The number of carbonyl (C=O) groups is 1. The van der Waals surface area contributed by atoms with Gasteiger partial charge < -0.3 is 10.1 Å². The van der Waals surface area contributed by atoms with Gasteiger partial charge in [-0.1, -0.05) is 0 Å². The van der Waals surface area contributed by atoms with Gasteiger partial charge in [-0.2, -0.15) is 15.6 Å². The second-order valence-electron chi connectivity index (χ2n) is 4.07. The SMILES string of the molecule is COCCNC(=O)c1ccc(NN=C(C#N)C#N)c(C)c1. The fourth-order valence-electron chi connectivity index (χ4n) is 1.49. The van der Waals surface area contributed by atoms with Crippen LogP contribution in [0.15, 0.2) is 23.3 Å². The van der Waals surface area contributed by atoms with Crippen molar-refractivity contribution >= 4 is 17.3 Å².